The maximum absolute atomic E-state index is 12.0. The molecule has 2 saturated heterocycles. The highest BCUT2D eigenvalue weighted by Gasteiger charge is 2.27. The van der Waals surface area contributed by atoms with E-state index in [9.17, 15) is 8.42 Å². The van der Waals surface area contributed by atoms with Crippen LogP contribution < -0.4 is 10.0 Å². The van der Waals surface area contributed by atoms with Crippen molar-refractivity contribution in [3.63, 3.8) is 0 Å². The predicted molar refractivity (Wildman–Crippen MR) is 79.2 cm³/mol. The monoisotopic (exact) mass is 305 g/mol. The summed E-state index contributed by atoms with van der Waals surface area (Å²) in [5, 5.41) is 3.26. The molecule has 0 amide bonds. The van der Waals surface area contributed by atoms with Gasteiger partial charge in [-0.3, -0.25) is 4.90 Å². The smallest absolute Gasteiger partial charge is 0.212 e. The Morgan fingerprint density at radius 2 is 2.10 bits per heavy atom. The Morgan fingerprint density at radius 1 is 1.35 bits per heavy atom. The largest absolute Gasteiger partial charge is 0.378 e. The lowest BCUT2D eigenvalue weighted by Crippen LogP contribution is -2.46. The fourth-order valence-electron chi connectivity index (χ4n) is 2.87. The van der Waals surface area contributed by atoms with Crippen LogP contribution in [0.5, 0.6) is 0 Å². The molecule has 2 unspecified atom stereocenters. The molecule has 0 aromatic heterocycles. The molecule has 20 heavy (non-hydrogen) atoms. The lowest BCUT2D eigenvalue weighted by atomic mass is 10.0. The van der Waals surface area contributed by atoms with Crippen molar-refractivity contribution >= 4 is 10.0 Å². The van der Waals surface area contributed by atoms with E-state index < -0.39 is 10.0 Å². The fraction of sp³-hybridized carbons (Fsp3) is 1.00. The molecule has 0 saturated carbocycles. The first-order valence-electron chi connectivity index (χ1n) is 7.63. The van der Waals surface area contributed by atoms with Crippen LogP contribution in [0.25, 0.3) is 0 Å². The molecule has 0 bridgehead atoms. The molecule has 0 aliphatic carbocycles. The molecule has 6 nitrogen and oxygen atoms in total. The molecule has 2 atom stereocenters. The van der Waals surface area contributed by atoms with Crippen molar-refractivity contribution in [1.82, 2.24) is 14.9 Å². The van der Waals surface area contributed by atoms with Crippen molar-refractivity contribution in [3.05, 3.63) is 0 Å². The number of ether oxygens (including phenoxy) is 1. The number of nitrogens with zero attached hydrogens (tertiary/aromatic N) is 1. The molecular weight excluding hydrogens is 278 g/mol. The van der Waals surface area contributed by atoms with Crippen LogP contribution in [0.1, 0.15) is 19.8 Å². The van der Waals surface area contributed by atoms with Gasteiger partial charge in [0.2, 0.25) is 10.0 Å². The molecule has 0 radical (unpaired) electrons. The zero-order valence-electron chi connectivity index (χ0n) is 12.3. The van der Waals surface area contributed by atoms with Gasteiger partial charge < -0.3 is 10.1 Å². The summed E-state index contributed by atoms with van der Waals surface area (Å²) in [6.45, 7) is 7.75. The van der Waals surface area contributed by atoms with Crippen molar-refractivity contribution in [3.8, 4) is 0 Å². The lowest BCUT2D eigenvalue weighted by molar-refractivity contribution is 0.0884. The Bertz CT molecular complexity index is 382. The van der Waals surface area contributed by atoms with Crippen LogP contribution in [-0.2, 0) is 14.8 Å². The van der Waals surface area contributed by atoms with Gasteiger partial charge in [-0.05, 0) is 12.8 Å². The second-order valence-electron chi connectivity index (χ2n) is 5.63. The zero-order chi connectivity index (χ0) is 14.4. The maximum Gasteiger partial charge on any atom is 0.212 e. The molecule has 118 valence electrons. The summed E-state index contributed by atoms with van der Waals surface area (Å²) in [6, 6.07) is 0. The van der Waals surface area contributed by atoms with Gasteiger partial charge in [-0.15, -0.1) is 0 Å². The van der Waals surface area contributed by atoms with Gasteiger partial charge >= 0.3 is 0 Å². The standard InChI is InChI=1S/C13H27N3O3S/c1-2-13-12(3-9-19-13)11-15-20(17,18)10-8-16-6-4-14-5-7-16/h12-15H,2-11H2,1H3. The molecule has 2 rings (SSSR count). The van der Waals surface area contributed by atoms with E-state index in [1.54, 1.807) is 0 Å². The van der Waals surface area contributed by atoms with E-state index in [-0.39, 0.29) is 11.9 Å². The van der Waals surface area contributed by atoms with Crippen LogP contribution in [0.3, 0.4) is 0 Å². The number of nitrogens with one attached hydrogen (secondary N) is 2. The first-order valence-corrected chi connectivity index (χ1v) is 9.28. The number of hydrogen-bond acceptors (Lipinski definition) is 5. The van der Waals surface area contributed by atoms with E-state index in [0.717, 1.165) is 45.6 Å². The Kier molecular flexibility index (Phi) is 6.22. The Morgan fingerprint density at radius 3 is 2.80 bits per heavy atom. The van der Waals surface area contributed by atoms with E-state index in [0.29, 0.717) is 19.0 Å². The van der Waals surface area contributed by atoms with Gasteiger partial charge in [0.1, 0.15) is 0 Å². The summed E-state index contributed by atoms with van der Waals surface area (Å²) in [4.78, 5) is 2.20. The highest BCUT2D eigenvalue weighted by molar-refractivity contribution is 7.89. The van der Waals surface area contributed by atoms with Gasteiger partial charge in [-0.25, -0.2) is 13.1 Å². The molecule has 2 aliphatic heterocycles. The number of sulfonamides is 1. The van der Waals surface area contributed by atoms with Gasteiger partial charge in [0, 0.05) is 51.8 Å². The number of piperazine rings is 1. The van der Waals surface area contributed by atoms with E-state index in [1.165, 1.54) is 0 Å². The SMILES string of the molecule is CCC1OCCC1CNS(=O)(=O)CCN1CCNCC1. The maximum atomic E-state index is 12.0. The molecule has 2 aliphatic rings. The Labute approximate surface area is 122 Å². The minimum absolute atomic E-state index is 0.192. The highest BCUT2D eigenvalue weighted by Crippen LogP contribution is 2.22. The van der Waals surface area contributed by atoms with Gasteiger partial charge in [-0.2, -0.15) is 0 Å². The summed E-state index contributed by atoms with van der Waals surface area (Å²) in [5.74, 6) is 0.520. The Balaban J connectivity index is 1.70. The summed E-state index contributed by atoms with van der Waals surface area (Å²) in [5.41, 5.74) is 0. The topological polar surface area (TPSA) is 70.7 Å². The summed E-state index contributed by atoms with van der Waals surface area (Å²) in [7, 11) is -3.17. The van der Waals surface area contributed by atoms with Crippen molar-refractivity contribution in [1.29, 1.82) is 0 Å². The minimum atomic E-state index is -3.17. The minimum Gasteiger partial charge on any atom is -0.378 e. The van der Waals surface area contributed by atoms with Crippen molar-refractivity contribution in [2.75, 3.05) is 51.6 Å². The second-order valence-corrected chi connectivity index (χ2v) is 7.55. The van der Waals surface area contributed by atoms with Gasteiger partial charge in [0.25, 0.3) is 0 Å². The predicted octanol–water partition coefficient (Wildman–Crippen LogP) is -0.374. The van der Waals surface area contributed by atoms with Crippen molar-refractivity contribution in [2.45, 2.75) is 25.9 Å². The molecule has 2 heterocycles. The Hall–Kier alpha value is -0.210. The van der Waals surface area contributed by atoms with E-state index >= 15 is 0 Å². The van der Waals surface area contributed by atoms with E-state index in [2.05, 4.69) is 21.9 Å². The van der Waals surface area contributed by atoms with Crippen LogP contribution >= 0.6 is 0 Å². The van der Waals surface area contributed by atoms with E-state index in [4.69, 9.17) is 4.74 Å². The van der Waals surface area contributed by atoms with Gasteiger partial charge in [-0.1, -0.05) is 6.92 Å². The highest BCUT2D eigenvalue weighted by atomic mass is 32.2. The van der Waals surface area contributed by atoms with Crippen LogP contribution in [0.2, 0.25) is 0 Å². The average Bonchev–Trinajstić information content (AvgIpc) is 2.92. The second kappa shape index (κ2) is 7.70. The first-order chi connectivity index (χ1) is 9.61. The summed E-state index contributed by atoms with van der Waals surface area (Å²) in [6.07, 6.45) is 2.12. The normalized spacial score (nSPS) is 28.9. The van der Waals surface area contributed by atoms with Crippen LogP contribution in [0, 0.1) is 5.92 Å². The molecule has 0 spiro atoms. The quantitative estimate of drug-likeness (QED) is 0.671. The lowest BCUT2D eigenvalue weighted by Gasteiger charge is -2.27. The van der Waals surface area contributed by atoms with Gasteiger partial charge in [0.15, 0.2) is 0 Å². The first kappa shape index (κ1) is 16.2. The number of rotatable bonds is 7. The summed E-state index contributed by atoms with van der Waals surface area (Å²) >= 11 is 0. The molecule has 0 aromatic rings. The third kappa shape index (κ3) is 4.96. The van der Waals surface area contributed by atoms with Gasteiger partial charge in [0.05, 0.1) is 11.9 Å². The third-order valence-electron chi connectivity index (χ3n) is 4.20. The van der Waals surface area contributed by atoms with Crippen molar-refractivity contribution < 1.29 is 13.2 Å². The molecule has 0 aromatic carbocycles. The van der Waals surface area contributed by atoms with E-state index in [1.807, 2.05) is 0 Å². The van der Waals surface area contributed by atoms with Crippen LogP contribution in [-0.4, -0.2) is 71.0 Å². The van der Waals surface area contributed by atoms with Crippen molar-refractivity contribution in [2.24, 2.45) is 5.92 Å². The van der Waals surface area contributed by atoms with Crippen LogP contribution in [0.4, 0.5) is 0 Å². The third-order valence-corrected chi connectivity index (χ3v) is 5.53. The fourth-order valence-corrected chi connectivity index (χ4v) is 3.98. The molecular formula is C13H27N3O3S. The number of hydrogen-bond donors (Lipinski definition) is 2. The zero-order valence-corrected chi connectivity index (χ0v) is 13.1. The summed E-state index contributed by atoms with van der Waals surface area (Å²) < 4.78 is 32.4. The molecule has 2 N–H and O–H groups in total. The van der Waals surface area contributed by atoms with Crippen LogP contribution in [0.15, 0.2) is 0 Å². The average molecular weight is 305 g/mol. The molecule has 7 heteroatoms. The molecule has 2 fully saturated rings.